The highest BCUT2D eigenvalue weighted by atomic mass is 16.5. The van der Waals surface area contributed by atoms with Crippen LogP contribution in [-0.4, -0.2) is 27.7 Å². The Morgan fingerprint density at radius 1 is 1.59 bits per heavy atom. The second kappa shape index (κ2) is 4.14. The van der Waals surface area contributed by atoms with Gasteiger partial charge in [-0.15, -0.1) is 0 Å². The first-order valence-electron chi connectivity index (χ1n) is 5.89. The van der Waals surface area contributed by atoms with Crippen LogP contribution in [0, 0.1) is 12.3 Å². The summed E-state index contributed by atoms with van der Waals surface area (Å²) in [5.74, 6) is 0. The largest absolute Gasteiger partial charge is 0.411 e. The molecule has 0 aliphatic heterocycles. The summed E-state index contributed by atoms with van der Waals surface area (Å²) in [5, 5.41) is 19.8. The topological polar surface area (TPSA) is 70.5 Å². The summed E-state index contributed by atoms with van der Waals surface area (Å²) in [6.07, 6.45) is 0.625. The first-order chi connectivity index (χ1) is 8.01. The summed E-state index contributed by atoms with van der Waals surface area (Å²) in [6, 6.07) is 0. The van der Waals surface area contributed by atoms with Crippen molar-refractivity contribution in [1.82, 2.24) is 10.2 Å². The Bertz CT molecular complexity index is 449. The average molecular weight is 237 g/mol. The minimum Gasteiger partial charge on any atom is -0.411 e. The number of ether oxygens (including phenoxy) is 1. The third kappa shape index (κ3) is 1.84. The van der Waals surface area contributed by atoms with E-state index in [1.165, 1.54) is 0 Å². The van der Waals surface area contributed by atoms with Gasteiger partial charge >= 0.3 is 0 Å². The lowest BCUT2D eigenvalue weighted by Gasteiger charge is -2.37. The maximum atomic E-state index is 9.13. The lowest BCUT2D eigenvalue weighted by Crippen LogP contribution is -2.34. The molecule has 2 rings (SSSR count). The molecule has 0 spiro atoms. The third-order valence-corrected chi connectivity index (χ3v) is 3.30. The standard InChI is InChI=1S/C12H19N3O2/c1-5-17-11-10-9(7(2)13-14-10)8(15-16)6-12(11,3)4/h11,16H,5-6H2,1-4H3,(H,13,14). The van der Waals surface area contributed by atoms with Crippen LogP contribution in [0.2, 0.25) is 0 Å². The van der Waals surface area contributed by atoms with E-state index >= 15 is 0 Å². The summed E-state index contributed by atoms with van der Waals surface area (Å²) in [5.41, 5.74) is 3.26. The molecule has 1 unspecified atom stereocenters. The summed E-state index contributed by atoms with van der Waals surface area (Å²) < 4.78 is 5.81. The van der Waals surface area contributed by atoms with Crippen LogP contribution in [0.25, 0.3) is 0 Å². The van der Waals surface area contributed by atoms with Crippen LogP contribution in [-0.2, 0) is 4.74 Å². The fraction of sp³-hybridized carbons (Fsp3) is 0.667. The van der Waals surface area contributed by atoms with E-state index in [2.05, 4.69) is 29.2 Å². The van der Waals surface area contributed by atoms with Crippen LogP contribution < -0.4 is 0 Å². The smallest absolute Gasteiger partial charge is 0.107 e. The van der Waals surface area contributed by atoms with Crippen LogP contribution in [0.4, 0.5) is 0 Å². The highest BCUT2D eigenvalue weighted by Crippen LogP contribution is 2.45. The van der Waals surface area contributed by atoms with Crippen molar-refractivity contribution in [3.05, 3.63) is 17.0 Å². The van der Waals surface area contributed by atoms with Gasteiger partial charge in [-0.2, -0.15) is 5.10 Å². The van der Waals surface area contributed by atoms with E-state index in [1.54, 1.807) is 0 Å². The Balaban J connectivity index is 2.55. The first-order valence-corrected chi connectivity index (χ1v) is 5.89. The molecule has 1 heterocycles. The lowest BCUT2D eigenvalue weighted by atomic mass is 9.73. The Kier molecular flexibility index (Phi) is 2.95. The van der Waals surface area contributed by atoms with Crippen LogP contribution in [0.1, 0.15) is 50.2 Å². The highest BCUT2D eigenvalue weighted by molar-refractivity contribution is 6.03. The molecule has 2 N–H and O–H groups in total. The second-order valence-electron chi connectivity index (χ2n) is 5.16. The number of H-pyrrole nitrogens is 1. The molecule has 0 radical (unpaired) electrons. The van der Waals surface area contributed by atoms with Crippen molar-refractivity contribution < 1.29 is 9.94 Å². The van der Waals surface area contributed by atoms with Gasteiger partial charge in [0.2, 0.25) is 0 Å². The van der Waals surface area contributed by atoms with Crippen molar-refractivity contribution >= 4 is 5.71 Å². The maximum Gasteiger partial charge on any atom is 0.107 e. The normalized spacial score (nSPS) is 24.9. The van der Waals surface area contributed by atoms with E-state index in [-0.39, 0.29) is 11.5 Å². The molecule has 1 aromatic heterocycles. The van der Waals surface area contributed by atoms with Crippen molar-refractivity contribution in [3.8, 4) is 0 Å². The number of nitrogens with zero attached hydrogens (tertiary/aromatic N) is 2. The van der Waals surface area contributed by atoms with Gasteiger partial charge in [-0.25, -0.2) is 0 Å². The van der Waals surface area contributed by atoms with Gasteiger partial charge in [0.1, 0.15) is 11.8 Å². The van der Waals surface area contributed by atoms with Crippen molar-refractivity contribution in [2.75, 3.05) is 6.61 Å². The van der Waals surface area contributed by atoms with E-state index in [0.29, 0.717) is 18.7 Å². The van der Waals surface area contributed by atoms with Gasteiger partial charge in [0.05, 0.1) is 5.71 Å². The Labute approximate surface area is 101 Å². The predicted octanol–water partition coefficient (Wildman–Crippen LogP) is 2.40. The summed E-state index contributed by atoms with van der Waals surface area (Å²) in [6.45, 7) is 8.76. The number of rotatable bonds is 2. The molecule has 0 bridgehead atoms. The van der Waals surface area contributed by atoms with Gasteiger partial charge < -0.3 is 9.94 Å². The van der Waals surface area contributed by atoms with Crippen molar-refractivity contribution in [2.24, 2.45) is 10.6 Å². The predicted molar refractivity (Wildman–Crippen MR) is 64.4 cm³/mol. The molecule has 1 aliphatic carbocycles. The van der Waals surface area contributed by atoms with Crippen molar-refractivity contribution in [3.63, 3.8) is 0 Å². The average Bonchev–Trinajstić information content (AvgIpc) is 2.64. The number of fused-ring (bicyclic) bond motifs is 1. The monoisotopic (exact) mass is 237 g/mol. The van der Waals surface area contributed by atoms with Crippen LogP contribution >= 0.6 is 0 Å². The van der Waals surface area contributed by atoms with E-state index in [4.69, 9.17) is 9.94 Å². The molecule has 0 amide bonds. The second-order valence-corrected chi connectivity index (χ2v) is 5.16. The molecule has 94 valence electrons. The molecule has 0 saturated carbocycles. The molecule has 0 saturated heterocycles. The maximum absolute atomic E-state index is 9.13. The van der Waals surface area contributed by atoms with Gasteiger partial charge in [0.25, 0.3) is 0 Å². The number of nitrogens with one attached hydrogen (secondary N) is 1. The first kappa shape index (κ1) is 12.1. The zero-order chi connectivity index (χ0) is 12.6. The molecule has 0 aromatic carbocycles. The highest BCUT2D eigenvalue weighted by Gasteiger charge is 2.42. The molecule has 5 nitrogen and oxygen atoms in total. The Morgan fingerprint density at radius 2 is 2.29 bits per heavy atom. The molecule has 1 aliphatic rings. The third-order valence-electron chi connectivity index (χ3n) is 3.30. The molecule has 5 heteroatoms. The Morgan fingerprint density at radius 3 is 2.88 bits per heavy atom. The van der Waals surface area contributed by atoms with Gasteiger partial charge in [-0.05, 0) is 13.8 Å². The number of hydrogen-bond acceptors (Lipinski definition) is 4. The van der Waals surface area contributed by atoms with E-state index in [1.807, 2.05) is 13.8 Å². The van der Waals surface area contributed by atoms with E-state index in [9.17, 15) is 0 Å². The molecule has 1 atom stereocenters. The molecule has 17 heavy (non-hydrogen) atoms. The Hall–Kier alpha value is -1.36. The zero-order valence-corrected chi connectivity index (χ0v) is 10.7. The molecular formula is C12H19N3O2. The SMILES string of the molecule is CCOC1c2n[nH]c(C)c2C(=NO)CC1(C)C. The van der Waals surface area contributed by atoms with Gasteiger partial charge in [0, 0.05) is 29.7 Å². The number of aryl methyl sites for hydroxylation is 1. The minimum absolute atomic E-state index is 0.0575. The van der Waals surface area contributed by atoms with Gasteiger partial charge in [-0.3, -0.25) is 5.10 Å². The van der Waals surface area contributed by atoms with E-state index in [0.717, 1.165) is 17.0 Å². The van der Waals surface area contributed by atoms with Gasteiger partial charge in [0.15, 0.2) is 0 Å². The quantitative estimate of drug-likeness (QED) is 0.613. The molecule has 0 fully saturated rings. The summed E-state index contributed by atoms with van der Waals surface area (Å²) >= 11 is 0. The number of hydrogen-bond donors (Lipinski definition) is 2. The van der Waals surface area contributed by atoms with Crippen molar-refractivity contribution in [2.45, 2.75) is 40.2 Å². The summed E-state index contributed by atoms with van der Waals surface area (Å²) in [4.78, 5) is 0. The fourth-order valence-corrected chi connectivity index (χ4v) is 2.54. The minimum atomic E-state index is -0.119. The van der Waals surface area contributed by atoms with Crippen molar-refractivity contribution in [1.29, 1.82) is 0 Å². The van der Waals surface area contributed by atoms with Crippen LogP contribution in [0.5, 0.6) is 0 Å². The van der Waals surface area contributed by atoms with Crippen LogP contribution in [0.3, 0.4) is 0 Å². The lowest BCUT2D eigenvalue weighted by molar-refractivity contribution is -0.0244. The number of aromatic nitrogens is 2. The van der Waals surface area contributed by atoms with Gasteiger partial charge in [-0.1, -0.05) is 19.0 Å². The number of aromatic amines is 1. The van der Waals surface area contributed by atoms with Crippen LogP contribution in [0.15, 0.2) is 5.16 Å². The zero-order valence-electron chi connectivity index (χ0n) is 10.7. The fourth-order valence-electron chi connectivity index (χ4n) is 2.54. The molecule has 1 aromatic rings. The molecular weight excluding hydrogens is 218 g/mol. The summed E-state index contributed by atoms with van der Waals surface area (Å²) in [7, 11) is 0. The van der Waals surface area contributed by atoms with E-state index < -0.39 is 0 Å². The number of oxime groups is 1.